The molecule has 1 aliphatic rings. The summed E-state index contributed by atoms with van der Waals surface area (Å²) in [6.45, 7) is 0.630. The number of pyridine rings is 1. The zero-order valence-corrected chi connectivity index (χ0v) is 18.3. The molecule has 3 aromatic rings. The van der Waals surface area contributed by atoms with E-state index in [0.717, 1.165) is 11.1 Å². The van der Waals surface area contributed by atoms with E-state index >= 15 is 0 Å². The molecule has 4 rings (SSSR count). The molecule has 0 saturated carbocycles. The minimum atomic E-state index is -1.00. The van der Waals surface area contributed by atoms with E-state index in [0.29, 0.717) is 29.3 Å². The van der Waals surface area contributed by atoms with E-state index in [1.54, 1.807) is 40.3 Å². The summed E-state index contributed by atoms with van der Waals surface area (Å²) < 4.78 is 7.24. The summed E-state index contributed by atoms with van der Waals surface area (Å²) >= 11 is 12.7. The first-order chi connectivity index (χ1) is 15.4. The number of aromatic nitrogens is 3. The Morgan fingerprint density at radius 3 is 2.75 bits per heavy atom. The van der Waals surface area contributed by atoms with E-state index < -0.39 is 18.0 Å². The summed E-state index contributed by atoms with van der Waals surface area (Å²) in [5.41, 5.74) is 1.21. The van der Waals surface area contributed by atoms with Crippen LogP contribution in [-0.4, -0.2) is 62.5 Å². The number of benzene rings is 1. The highest BCUT2D eigenvalue weighted by molar-refractivity contribution is 6.45. The summed E-state index contributed by atoms with van der Waals surface area (Å²) in [5, 5.41) is 20.1. The van der Waals surface area contributed by atoms with Gasteiger partial charge >= 0.3 is 11.9 Å². The highest BCUT2D eigenvalue weighted by Crippen LogP contribution is 2.37. The Morgan fingerprint density at radius 1 is 1.25 bits per heavy atom. The lowest BCUT2D eigenvalue weighted by Gasteiger charge is -2.26. The number of nitrogens with zero attached hydrogens (tertiary/aromatic N) is 4. The van der Waals surface area contributed by atoms with Crippen LogP contribution in [0.15, 0.2) is 36.9 Å². The molecule has 1 aliphatic heterocycles. The van der Waals surface area contributed by atoms with Gasteiger partial charge in [-0.2, -0.15) is 0 Å². The summed E-state index contributed by atoms with van der Waals surface area (Å²) in [4.78, 5) is 33.3. The van der Waals surface area contributed by atoms with Crippen molar-refractivity contribution in [1.29, 1.82) is 0 Å². The standard InChI is InChI=1S/C21H20Cl2N4O5/c22-14-2-1-13-15(26-7-5-24-11-26)9-16(25-19(13)18(14)23)27-6-3-12(20(27)21(30)31)10-32-8-4-17(28)29/h1-2,5,7,9,11-12,20H,3-4,6,8,10H2,(H,28,29)(H,30,31)/t12-,20-/m0/s1. The molecule has 168 valence electrons. The van der Waals surface area contributed by atoms with Crippen LogP contribution in [-0.2, 0) is 14.3 Å². The molecule has 3 heterocycles. The lowest BCUT2D eigenvalue weighted by Crippen LogP contribution is -2.41. The molecule has 0 unspecified atom stereocenters. The van der Waals surface area contributed by atoms with Crippen LogP contribution in [0.25, 0.3) is 16.6 Å². The molecule has 11 heteroatoms. The Balaban J connectivity index is 1.71. The third-order valence-corrected chi connectivity index (χ3v) is 6.28. The van der Waals surface area contributed by atoms with Gasteiger partial charge in [-0.3, -0.25) is 4.79 Å². The van der Waals surface area contributed by atoms with Gasteiger partial charge in [0, 0.05) is 36.3 Å². The van der Waals surface area contributed by atoms with E-state index in [4.69, 9.17) is 33.0 Å². The fourth-order valence-corrected chi connectivity index (χ4v) is 4.34. The normalized spacial score (nSPS) is 18.4. The maximum atomic E-state index is 12.2. The molecule has 32 heavy (non-hydrogen) atoms. The topological polar surface area (TPSA) is 118 Å². The zero-order chi connectivity index (χ0) is 22.8. The van der Waals surface area contributed by atoms with E-state index in [9.17, 15) is 14.7 Å². The van der Waals surface area contributed by atoms with Gasteiger partial charge in [-0.05, 0) is 18.6 Å². The van der Waals surface area contributed by atoms with Gasteiger partial charge in [0.05, 0.1) is 47.2 Å². The average Bonchev–Trinajstić information content (AvgIpc) is 3.43. The number of rotatable bonds is 8. The number of carboxylic acid groups (broad SMARTS) is 2. The number of hydrogen-bond donors (Lipinski definition) is 2. The minimum absolute atomic E-state index is 0.0330. The number of fused-ring (bicyclic) bond motifs is 1. The van der Waals surface area contributed by atoms with Gasteiger partial charge in [0.1, 0.15) is 11.9 Å². The van der Waals surface area contributed by atoms with Crippen LogP contribution in [0.4, 0.5) is 5.82 Å². The molecule has 0 spiro atoms. The van der Waals surface area contributed by atoms with E-state index in [-0.39, 0.29) is 30.6 Å². The maximum Gasteiger partial charge on any atom is 0.326 e. The number of aliphatic carboxylic acids is 2. The molecule has 2 N–H and O–H groups in total. The van der Waals surface area contributed by atoms with Crippen LogP contribution in [0.5, 0.6) is 0 Å². The Hall–Kier alpha value is -2.88. The fourth-order valence-electron chi connectivity index (χ4n) is 3.98. The smallest absolute Gasteiger partial charge is 0.326 e. The molecular formula is C21H20Cl2N4O5. The van der Waals surface area contributed by atoms with Crippen LogP contribution >= 0.6 is 23.2 Å². The quantitative estimate of drug-likeness (QED) is 0.472. The zero-order valence-electron chi connectivity index (χ0n) is 16.8. The second kappa shape index (κ2) is 9.32. The molecule has 1 saturated heterocycles. The number of hydrogen-bond acceptors (Lipinski definition) is 6. The Bertz CT molecular complexity index is 1150. The third kappa shape index (κ3) is 4.36. The summed E-state index contributed by atoms with van der Waals surface area (Å²) in [6, 6.07) is 4.43. The van der Waals surface area contributed by atoms with Crippen LogP contribution in [0.1, 0.15) is 12.8 Å². The first-order valence-corrected chi connectivity index (χ1v) is 10.7. The Morgan fingerprint density at radius 2 is 2.06 bits per heavy atom. The van der Waals surface area contributed by atoms with Gasteiger partial charge in [-0.25, -0.2) is 14.8 Å². The monoisotopic (exact) mass is 478 g/mol. The van der Waals surface area contributed by atoms with Crippen molar-refractivity contribution in [3.63, 3.8) is 0 Å². The molecular weight excluding hydrogens is 459 g/mol. The summed E-state index contributed by atoms with van der Waals surface area (Å²) in [5.74, 6) is -1.83. The molecule has 1 fully saturated rings. The van der Waals surface area contributed by atoms with Crippen molar-refractivity contribution in [3.05, 3.63) is 47.0 Å². The van der Waals surface area contributed by atoms with Crippen molar-refractivity contribution in [2.45, 2.75) is 18.9 Å². The second-order valence-corrected chi connectivity index (χ2v) is 8.26. The number of carbonyl (C=O) groups is 2. The van der Waals surface area contributed by atoms with E-state index in [1.807, 2.05) is 6.07 Å². The number of carboxylic acids is 2. The van der Waals surface area contributed by atoms with E-state index in [2.05, 4.69) is 9.97 Å². The number of halogens is 2. The molecule has 1 aromatic carbocycles. The minimum Gasteiger partial charge on any atom is -0.481 e. The van der Waals surface area contributed by atoms with Gasteiger partial charge in [0.2, 0.25) is 0 Å². The number of anilines is 1. The van der Waals surface area contributed by atoms with Crippen molar-refractivity contribution in [3.8, 4) is 5.69 Å². The van der Waals surface area contributed by atoms with Crippen LogP contribution < -0.4 is 4.90 Å². The van der Waals surface area contributed by atoms with Crippen molar-refractivity contribution in [2.24, 2.45) is 5.92 Å². The molecule has 2 aromatic heterocycles. The molecule has 0 amide bonds. The van der Waals surface area contributed by atoms with E-state index in [1.165, 1.54) is 0 Å². The van der Waals surface area contributed by atoms with Crippen LogP contribution in [0.2, 0.25) is 10.0 Å². The Labute approximate surface area is 193 Å². The van der Waals surface area contributed by atoms with Crippen molar-refractivity contribution in [1.82, 2.24) is 14.5 Å². The number of ether oxygens (including phenoxy) is 1. The Kier molecular flexibility index (Phi) is 6.50. The molecule has 0 aliphatic carbocycles. The van der Waals surface area contributed by atoms with Gasteiger partial charge in [0.15, 0.2) is 0 Å². The second-order valence-electron chi connectivity index (χ2n) is 7.47. The van der Waals surface area contributed by atoms with Crippen molar-refractivity contribution < 1.29 is 24.5 Å². The van der Waals surface area contributed by atoms with Crippen molar-refractivity contribution in [2.75, 3.05) is 24.7 Å². The summed E-state index contributed by atoms with van der Waals surface area (Å²) in [7, 11) is 0. The molecule has 0 bridgehead atoms. The first kappa shape index (κ1) is 22.3. The largest absolute Gasteiger partial charge is 0.481 e. The molecule has 0 radical (unpaired) electrons. The lowest BCUT2D eigenvalue weighted by molar-refractivity contribution is -0.141. The van der Waals surface area contributed by atoms with Crippen LogP contribution in [0, 0.1) is 5.92 Å². The SMILES string of the molecule is O=C(O)CCOC[C@@H]1CCN(c2cc(-n3ccnc3)c3ccc(Cl)c(Cl)c3n2)[C@@H]1C(=O)O. The highest BCUT2D eigenvalue weighted by Gasteiger charge is 2.40. The van der Waals surface area contributed by atoms with Gasteiger partial charge in [-0.15, -0.1) is 0 Å². The van der Waals surface area contributed by atoms with Gasteiger partial charge in [0.25, 0.3) is 0 Å². The summed E-state index contributed by atoms with van der Waals surface area (Å²) in [6.07, 6.45) is 5.49. The fraction of sp³-hybridized carbons (Fsp3) is 0.333. The van der Waals surface area contributed by atoms with Gasteiger partial charge in [-0.1, -0.05) is 23.2 Å². The highest BCUT2D eigenvalue weighted by atomic mass is 35.5. The lowest BCUT2D eigenvalue weighted by atomic mass is 10.0. The van der Waals surface area contributed by atoms with Gasteiger partial charge < -0.3 is 24.4 Å². The molecule has 9 nitrogen and oxygen atoms in total. The number of imidazole rings is 1. The van der Waals surface area contributed by atoms with Crippen LogP contribution in [0.3, 0.4) is 0 Å². The first-order valence-electron chi connectivity index (χ1n) is 9.93. The predicted molar refractivity (Wildman–Crippen MR) is 119 cm³/mol. The average molecular weight is 479 g/mol. The maximum absolute atomic E-state index is 12.2. The predicted octanol–water partition coefficient (Wildman–Crippen LogP) is 3.50. The third-order valence-electron chi connectivity index (χ3n) is 5.48. The molecule has 2 atom stereocenters. The van der Waals surface area contributed by atoms with Crippen molar-refractivity contribution >= 4 is 51.9 Å².